The van der Waals surface area contributed by atoms with Crippen LogP contribution in [0.15, 0.2) is 48.0 Å². The molecule has 2 aliphatic rings. The molecule has 1 fully saturated rings. The predicted octanol–water partition coefficient (Wildman–Crippen LogP) is 4.79. The van der Waals surface area contributed by atoms with E-state index in [1.165, 1.54) is 0 Å². The lowest BCUT2D eigenvalue weighted by molar-refractivity contribution is -0.140. The summed E-state index contributed by atoms with van der Waals surface area (Å²) in [5.41, 5.74) is 1.23. The van der Waals surface area contributed by atoms with Crippen LogP contribution in [0.4, 0.5) is 0 Å². The third-order valence-corrected chi connectivity index (χ3v) is 7.09. The van der Waals surface area contributed by atoms with Gasteiger partial charge in [0.25, 0.3) is 11.7 Å². The fourth-order valence-electron chi connectivity index (χ4n) is 4.89. The van der Waals surface area contributed by atoms with Crippen LogP contribution >= 0.6 is 0 Å². The average molecular weight is 523 g/mol. The standard InChI is InChI=1S/C30H38N2O6/c1-4-7-17-36-23-12-9-21(10-13-23)27-26(28(33)22-11-14-24-25(20-22)38-19-18-37-24)29(34)30(35)32(27)16-8-15-31(5-2)6-3/h9-14,20,27,33H,4-8,15-19H2,1-3H3/b28-26+. The number of hydrogen-bond acceptors (Lipinski definition) is 7. The summed E-state index contributed by atoms with van der Waals surface area (Å²) >= 11 is 0. The van der Waals surface area contributed by atoms with Crippen LogP contribution in [0.2, 0.25) is 0 Å². The smallest absolute Gasteiger partial charge is 0.295 e. The molecular formula is C30H38N2O6. The van der Waals surface area contributed by atoms with Gasteiger partial charge in [0.1, 0.15) is 24.7 Å². The minimum absolute atomic E-state index is 0.0779. The SMILES string of the molecule is CCCCOc1ccc(C2/C(=C(\O)c3ccc4c(c3)OCCO4)C(=O)C(=O)N2CCCN(CC)CC)cc1. The Labute approximate surface area is 224 Å². The van der Waals surface area contributed by atoms with E-state index in [2.05, 4.69) is 25.7 Å². The molecule has 0 spiro atoms. The largest absolute Gasteiger partial charge is 0.507 e. The lowest BCUT2D eigenvalue weighted by Crippen LogP contribution is -2.33. The second-order valence-electron chi connectivity index (χ2n) is 9.50. The Balaban J connectivity index is 1.69. The van der Waals surface area contributed by atoms with Crippen molar-refractivity contribution in [2.75, 3.05) is 46.0 Å². The number of carbonyl (C=O) groups excluding carboxylic acids is 2. The molecule has 0 aromatic heterocycles. The molecule has 1 saturated heterocycles. The van der Waals surface area contributed by atoms with Gasteiger partial charge in [0, 0.05) is 12.1 Å². The molecule has 1 atom stereocenters. The molecule has 1 unspecified atom stereocenters. The van der Waals surface area contributed by atoms with Crippen LogP contribution in [0.1, 0.15) is 57.2 Å². The van der Waals surface area contributed by atoms with Gasteiger partial charge >= 0.3 is 0 Å². The third-order valence-electron chi connectivity index (χ3n) is 7.09. The number of amides is 1. The van der Waals surface area contributed by atoms with Gasteiger partial charge in [-0.25, -0.2) is 0 Å². The Morgan fingerprint density at radius 3 is 2.39 bits per heavy atom. The first kappa shape index (κ1) is 27.5. The maximum absolute atomic E-state index is 13.4. The maximum Gasteiger partial charge on any atom is 0.295 e. The van der Waals surface area contributed by atoms with E-state index in [0.29, 0.717) is 49.8 Å². The van der Waals surface area contributed by atoms with Gasteiger partial charge in [0.15, 0.2) is 11.5 Å². The van der Waals surface area contributed by atoms with Crippen molar-refractivity contribution in [2.45, 2.75) is 46.1 Å². The second-order valence-corrected chi connectivity index (χ2v) is 9.50. The number of rotatable bonds is 12. The Hall–Kier alpha value is -3.52. The van der Waals surface area contributed by atoms with Gasteiger partial charge < -0.3 is 29.1 Å². The highest BCUT2D eigenvalue weighted by molar-refractivity contribution is 6.46. The second kappa shape index (κ2) is 12.8. The minimum atomic E-state index is -0.704. The van der Waals surface area contributed by atoms with Crippen molar-refractivity contribution < 1.29 is 28.9 Å². The Bertz CT molecular complexity index is 1160. The zero-order valence-corrected chi connectivity index (χ0v) is 22.6. The molecule has 8 heteroatoms. The van der Waals surface area contributed by atoms with Crippen LogP contribution < -0.4 is 14.2 Å². The van der Waals surface area contributed by atoms with E-state index in [-0.39, 0.29) is 11.3 Å². The number of carbonyl (C=O) groups is 2. The van der Waals surface area contributed by atoms with Crippen LogP contribution in [0.25, 0.3) is 5.76 Å². The van der Waals surface area contributed by atoms with Crippen molar-refractivity contribution in [3.8, 4) is 17.2 Å². The molecule has 8 nitrogen and oxygen atoms in total. The molecule has 38 heavy (non-hydrogen) atoms. The fraction of sp³-hybridized carbons (Fsp3) is 0.467. The molecule has 2 aliphatic heterocycles. The number of ether oxygens (including phenoxy) is 3. The highest BCUT2D eigenvalue weighted by Gasteiger charge is 2.45. The zero-order valence-electron chi connectivity index (χ0n) is 22.6. The Morgan fingerprint density at radius 1 is 1.00 bits per heavy atom. The molecule has 0 aliphatic carbocycles. The average Bonchev–Trinajstić information content (AvgIpc) is 3.20. The molecule has 1 N–H and O–H groups in total. The number of unbranched alkanes of at least 4 members (excludes halogenated alkanes) is 1. The van der Waals surface area contributed by atoms with Crippen molar-refractivity contribution in [3.05, 3.63) is 59.2 Å². The summed E-state index contributed by atoms with van der Waals surface area (Å²) in [6, 6.07) is 11.8. The monoisotopic (exact) mass is 522 g/mol. The summed E-state index contributed by atoms with van der Waals surface area (Å²) in [6.45, 7) is 10.9. The molecule has 4 rings (SSSR count). The fourth-order valence-corrected chi connectivity index (χ4v) is 4.89. The lowest BCUT2D eigenvalue weighted by Gasteiger charge is -2.27. The van der Waals surface area contributed by atoms with Gasteiger partial charge in [-0.1, -0.05) is 39.3 Å². The van der Waals surface area contributed by atoms with Gasteiger partial charge in [0.2, 0.25) is 0 Å². The number of likely N-dealkylation sites (tertiary alicyclic amines) is 1. The summed E-state index contributed by atoms with van der Waals surface area (Å²) in [4.78, 5) is 30.5. The predicted molar refractivity (Wildman–Crippen MR) is 146 cm³/mol. The quantitative estimate of drug-likeness (QED) is 0.186. The van der Waals surface area contributed by atoms with Gasteiger partial charge in [-0.2, -0.15) is 0 Å². The summed E-state index contributed by atoms with van der Waals surface area (Å²) in [7, 11) is 0. The minimum Gasteiger partial charge on any atom is -0.507 e. The first-order chi connectivity index (χ1) is 18.5. The number of ketones is 1. The first-order valence-electron chi connectivity index (χ1n) is 13.6. The van der Waals surface area contributed by atoms with E-state index in [4.69, 9.17) is 14.2 Å². The van der Waals surface area contributed by atoms with E-state index in [1.54, 1.807) is 23.1 Å². The number of aliphatic hydroxyl groups excluding tert-OH is 1. The van der Waals surface area contributed by atoms with E-state index in [0.717, 1.165) is 43.8 Å². The molecule has 204 valence electrons. The molecule has 0 bridgehead atoms. The van der Waals surface area contributed by atoms with Gasteiger partial charge in [-0.05, 0) is 68.4 Å². The summed E-state index contributed by atoms with van der Waals surface area (Å²) < 4.78 is 17.1. The van der Waals surface area contributed by atoms with E-state index < -0.39 is 17.7 Å². The van der Waals surface area contributed by atoms with Crippen molar-refractivity contribution in [1.29, 1.82) is 0 Å². The molecular weight excluding hydrogens is 484 g/mol. The van der Waals surface area contributed by atoms with Crippen molar-refractivity contribution in [3.63, 3.8) is 0 Å². The number of hydrogen-bond donors (Lipinski definition) is 1. The Morgan fingerprint density at radius 2 is 1.71 bits per heavy atom. The molecule has 0 radical (unpaired) electrons. The number of nitrogens with zero attached hydrogens (tertiary/aromatic N) is 2. The van der Waals surface area contributed by atoms with Gasteiger partial charge in [0.05, 0.1) is 18.2 Å². The number of aliphatic hydroxyl groups is 1. The molecule has 1 amide bonds. The van der Waals surface area contributed by atoms with E-state index in [1.807, 2.05) is 24.3 Å². The zero-order chi connectivity index (χ0) is 27.1. The van der Waals surface area contributed by atoms with Crippen LogP contribution in [-0.2, 0) is 9.59 Å². The topological polar surface area (TPSA) is 88.5 Å². The molecule has 2 aromatic carbocycles. The van der Waals surface area contributed by atoms with Gasteiger partial charge in [-0.15, -0.1) is 0 Å². The van der Waals surface area contributed by atoms with Crippen LogP contribution in [0, 0.1) is 0 Å². The van der Waals surface area contributed by atoms with Crippen LogP contribution in [0.5, 0.6) is 17.2 Å². The van der Waals surface area contributed by atoms with Crippen molar-refractivity contribution >= 4 is 17.4 Å². The number of benzene rings is 2. The third kappa shape index (κ3) is 5.96. The maximum atomic E-state index is 13.4. The van der Waals surface area contributed by atoms with Crippen molar-refractivity contribution in [1.82, 2.24) is 9.80 Å². The molecule has 0 saturated carbocycles. The normalized spacial score (nSPS) is 18.3. The van der Waals surface area contributed by atoms with Crippen LogP contribution in [-0.4, -0.2) is 72.6 Å². The highest BCUT2D eigenvalue weighted by Crippen LogP contribution is 2.41. The summed E-state index contributed by atoms with van der Waals surface area (Å²) in [5.74, 6) is 0.302. The lowest BCUT2D eigenvalue weighted by atomic mass is 9.95. The number of Topliss-reactive ketones (excluding diaryl/α,β-unsaturated/α-hetero) is 1. The molecule has 2 aromatic rings. The Kier molecular flexibility index (Phi) is 9.29. The van der Waals surface area contributed by atoms with E-state index in [9.17, 15) is 14.7 Å². The summed E-state index contributed by atoms with van der Waals surface area (Å²) in [6.07, 6.45) is 2.72. The van der Waals surface area contributed by atoms with Crippen molar-refractivity contribution in [2.24, 2.45) is 0 Å². The number of fused-ring (bicyclic) bond motifs is 1. The first-order valence-corrected chi connectivity index (χ1v) is 13.6. The summed E-state index contributed by atoms with van der Waals surface area (Å²) in [5, 5.41) is 11.4. The van der Waals surface area contributed by atoms with E-state index >= 15 is 0 Å². The highest BCUT2D eigenvalue weighted by atomic mass is 16.6. The van der Waals surface area contributed by atoms with Crippen LogP contribution in [0.3, 0.4) is 0 Å². The van der Waals surface area contributed by atoms with Gasteiger partial charge in [-0.3, -0.25) is 9.59 Å². The molecule has 2 heterocycles.